The predicted molar refractivity (Wildman–Crippen MR) is 131 cm³/mol. The van der Waals surface area contributed by atoms with Gasteiger partial charge in [-0.3, -0.25) is 5.41 Å². The molecule has 33 heavy (non-hydrogen) atoms. The number of aliphatic hydroxyl groups is 2. The Balaban J connectivity index is 1.52. The molecule has 4 rings (SSSR count). The van der Waals surface area contributed by atoms with Crippen molar-refractivity contribution in [2.75, 3.05) is 13.2 Å². The second kappa shape index (κ2) is 9.21. The molecule has 1 unspecified atom stereocenters. The van der Waals surface area contributed by atoms with E-state index in [0.717, 1.165) is 56.9 Å². The van der Waals surface area contributed by atoms with Crippen molar-refractivity contribution < 1.29 is 15.1 Å². The number of hydrogen-bond acceptors (Lipinski definition) is 5. The van der Waals surface area contributed by atoms with E-state index in [9.17, 15) is 10.2 Å². The SMILES string of the molecule is CC(/C=N/OCCNC(=N)N)=C\C1C[C@H](O)C[C@H]2CC[C@@H]3[C@H](CC[C@]4(C)CCC[C@]34O)[C@@]12C. The Morgan fingerprint density at radius 2 is 1.97 bits per heavy atom. The Bertz CT molecular complexity index is 800. The maximum atomic E-state index is 12.0. The number of hydrogen-bond donors (Lipinski definition) is 5. The zero-order chi connectivity index (χ0) is 23.9. The van der Waals surface area contributed by atoms with Crippen molar-refractivity contribution in [1.82, 2.24) is 5.32 Å². The lowest BCUT2D eigenvalue weighted by Crippen LogP contribution is -2.62. The van der Waals surface area contributed by atoms with Crippen molar-refractivity contribution in [3.05, 3.63) is 11.6 Å². The monoisotopic (exact) mass is 460 g/mol. The maximum absolute atomic E-state index is 12.0. The van der Waals surface area contributed by atoms with Gasteiger partial charge in [0.15, 0.2) is 5.96 Å². The quantitative estimate of drug-likeness (QED) is 0.179. The Morgan fingerprint density at radius 1 is 1.18 bits per heavy atom. The van der Waals surface area contributed by atoms with Gasteiger partial charge in [0.25, 0.3) is 0 Å². The molecule has 0 aliphatic heterocycles. The lowest BCUT2D eigenvalue weighted by Gasteiger charge is -2.64. The van der Waals surface area contributed by atoms with Gasteiger partial charge < -0.3 is 26.1 Å². The zero-order valence-electron chi connectivity index (χ0n) is 20.6. The molecule has 0 bridgehead atoms. The first-order valence-corrected chi connectivity index (χ1v) is 12.9. The van der Waals surface area contributed by atoms with Crippen molar-refractivity contribution in [3.63, 3.8) is 0 Å². The molecule has 4 saturated carbocycles. The Morgan fingerprint density at radius 3 is 2.73 bits per heavy atom. The van der Waals surface area contributed by atoms with Gasteiger partial charge in [-0.1, -0.05) is 25.1 Å². The topological polar surface area (TPSA) is 124 Å². The molecule has 7 heteroatoms. The van der Waals surface area contributed by atoms with E-state index >= 15 is 0 Å². The summed E-state index contributed by atoms with van der Waals surface area (Å²) in [6, 6.07) is 0. The molecule has 7 nitrogen and oxygen atoms in total. The average molecular weight is 461 g/mol. The highest BCUT2D eigenvalue weighted by molar-refractivity contribution is 5.77. The van der Waals surface area contributed by atoms with Gasteiger partial charge in [0.2, 0.25) is 0 Å². The molecule has 0 aromatic rings. The van der Waals surface area contributed by atoms with Crippen LogP contribution >= 0.6 is 0 Å². The predicted octanol–water partition coefficient (Wildman–Crippen LogP) is 3.55. The lowest BCUT2D eigenvalue weighted by atomic mass is 9.41. The summed E-state index contributed by atoms with van der Waals surface area (Å²) in [5.74, 6) is 1.56. The van der Waals surface area contributed by atoms with Gasteiger partial charge in [-0.15, -0.1) is 0 Å². The van der Waals surface area contributed by atoms with Crippen LogP contribution in [-0.4, -0.2) is 47.2 Å². The first-order valence-electron chi connectivity index (χ1n) is 12.9. The Kier molecular flexibility index (Phi) is 6.85. The van der Waals surface area contributed by atoms with E-state index in [1.807, 2.05) is 6.92 Å². The normalized spacial score (nSPS) is 45.2. The standard InChI is InChI=1S/C26H44N4O3/c1-17(16-30-33-12-11-29-23(27)28)13-19-15-20(31)14-18-5-6-22-21(25(18,19)3)7-10-24(2)8-4-9-26(22,24)32/h13,16,18-22,31-32H,4-12,14-15H2,1-3H3,(H4,27,28,29)/b17-13+,30-16+/t18-,19?,20-,21+,22-,24+,25-,26+/m1/s1. The van der Waals surface area contributed by atoms with E-state index in [1.54, 1.807) is 6.21 Å². The van der Waals surface area contributed by atoms with Crippen LogP contribution < -0.4 is 11.1 Å². The second-order valence-electron chi connectivity index (χ2n) is 11.8. The van der Waals surface area contributed by atoms with Crippen LogP contribution in [0.4, 0.5) is 0 Å². The summed E-state index contributed by atoms with van der Waals surface area (Å²) >= 11 is 0. The summed E-state index contributed by atoms with van der Waals surface area (Å²) in [4.78, 5) is 5.29. The van der Waals surface area contributed by atoms with Crippen LogP contribution in [0.2, 0.25) is 0 Å². The summed E-state index contributed by atoms with van der Waals surface area (Å²) in [5, 5.41) is 36.6. The second-order valence-corrected chi connectivity index (χ2v) is 11.8. The molecule has 4 aliphatic carbocycles. The number of guanidine groups is 1. The molecular weight excluding hydrogens is 416 g/mol. The molecular formula is C26H44N4O3. The van der Waals surface area contributed by atoms with E-state index < -0.39 is 5.60 Å². The molecule has 0 aromatic carbocycles. The minimum Gasteiger partial charge on any atom is -0.394 e. The molecule has 0 radical (unpaired) electrons. The van der Waals surface area contributed by atoms with Gasteiger partial charge in [-0.05, 0) is 105 Å². The van der Waals surface area contributed by atoms with Crippen molar-refractivity contribution in [1.29, 1.82) is 5.41 Å². The molecule has 8 atom stereocenters. The number of nitrogens with two attached hydrogens (primary N) is 1. The van der Waals surface area contributed by atoms with Gasteiger partial charge in [0.1, 0.15) is 6.61 Å². The summed E-state index contributed by atoms with van der Waals surface area (Å²) in [5.41, 5.74) is 5.94. The van der Waals surface area contributed by atoms with E-state index in [0.29, 0.717) is 30.9 Å². The Labute approximate surface area is 198 Å². The molecule has 0 spiro atoms. The van der Waals surface area contributed by atoms with Crippen LogP contribution in [0.1, 0.15) is 78.6 Å². The smallest absolute Gasteiger partial charge is 0.185 e. The highest BCUT2D eigenvalue weighted by atomic mass is 16.6. The molecule has 4 fully saturated rings. The molecule has 0 saturated heterocycles. The van der Waals surface area contributed by atoms with Crippen LogP contribution in [0.5, 0.6) is 0 Å². The first kappa shape index (κ1) is 24.5. The number of fused-ring (bicyclic) bond motifs is 5. The zero-order valence-corrected chi connectivity index (χ0v) is 20.6. The van der Waals surface area contributed by atoms with Gasteiger partial charge in [0, 0.05) is 0 Å². The van der Waals surface area contributed by atoms with Crippen LogP contribution in [0.3, 0.4) is 0 Å². The highest BCUT2D eigenvalue weighted by Gasteiger charge is 2.65. The number of rotatable bonds is 6. The van der Waals surface area contributed by atoms with Crippen LogP contribution in [0, 0.1) is 39.9 Å². The third kappa shape index (κ3) is 4.31. The number of aliphatic hydroxyl groups excluding tert-OH is 1. The van der Waals surface area contributed by atoms with Gasteiger partial charge in [0.05, 0.1) is 24.5 Å². The van der Waals surface area contributed by atoms with Gasteiger partial charge in [-0.2, -0.15) is 0 Å². The van der Waals surface area contributed by atoms with E-state index in [4.69, 9.17) is 16.0 Å². The molecule has 4 aliphatic rings. The molecule has 0 aromatic heterocycles. The summed E-state index contributed by atoms with van der Waals surface area (Å²) < 4.78 is 0. The number of nitrogens with one attached hydrogen (secondary N) is 2. The summed E-state index contributed by atoms with van der Waals surface area (Å²) in [7, 11) is 0. The van der Waals surface area contributed by atoms with Crippen LogP contribution in [0.15, 0.2) is 16.8 Å². The fourth-order valence-corrected chi connectivity index (χ4v) is 8.36. The van der Waals surface area contributed by atoms with E-state index in [-0.39, 0.29) is 28.8 Å². The number of allylic oxidation sites excluding steroid dienone is 2. The highest BCUT2D eigenvalue weighted by Crippen LogP contribution is 2.68. The fourth-order valence-electron chi connectivity index (χ4n) is 8.36. The maximum Gasteiger partial charge on any atom is 0.185 e. The number of nitrogens with zero attached hydrogens (tertiary/aromatic N) is 1. The summed E-state index contributed by atoms with van der Waals surface area (Å²) in [6.45, 7) is 7.61. The van der Waals surface area contributed by atoms with Crippen LogP contribution in [0.25, 0.3) is 0 Å². The lowest BCUT2D eigenvalue weighted by molar-refractivity contribution is -0.211. The van der Waals surface area contributed by atoms with Crippen molar-refractivity contribution in [2.45, 2.75) is 90.3 Å². The minimum atomic E-state index is -0.521. The first-order chi connectivity index (χ1) is 15.6. The van der Waals surface area contributed by atoms with Gasteiger partial charge >= 0.3 is 0 Å². The van der Waals surface area contributed by atoms with Crippen molar-refractivity contribution in [2.24, 2.45) is 45.4 Å². The fraction of sp³-hybridized carbons (Fsp3) is 0.846. The van der Waals surface area contributed by atoms with Crippen molar-refractivity contribution in [3.8, 4) is 0 Å². The largest absolute Gasteiger partial charge is 0.394 e. The van der Waals surface area contributed by atoms with E-state index in [2.05, 4.69) is 30.4 Å². The molecule has 0 heterocycles. The third-order valence-electron chi connectivity index (χ3n) is 10.1. The minimum absolute atomic E-state index is 0.0756. The third-order valence-corrected chi connectivity index (χ3v) is 10.1. The van der Waals surface area contributed by atoms with Crippen LogP contribution in [-0.2, 0) is 4.84 Å². The number of oxime groups is 1. The molecule has 0 amide bonds. The molecule has 6 N–H and O–H groups in total. The van der Waals surface area contributed by atoms with Gasteiger partial charge in [-0.25, -0.2) is 0 Å². The Hall–Kier alpha value is -1.60. The van der Waals surface area contributed by atoms with Crippen molar-refractivity contribution >= 4 is 12.2 Å². The summed E-state index contributed by atoms with van der Waals surface area (Å²) in [6.07, 6.45) is 13.2. The van der Waals surface area contributed by atoms with E-state index in [1.165, 1.54) is 6.42 Å². The molecule has 186 valence electrons. The average Bonchev–Trinajstić information content (AvgIpc) is 3.06.